The zero-order valence-corrected chi connectivity index (χ0v) is 22.0. The van der Waals surface area contributed by atoms with Gasteiger partial charge in [0.25, 0.3) is 0 Å². The van der Waals surface area contributed by atoms with E-state index in [1.807, 2.05) is 12.1 Å². The highest BCUT2D eigenvalue weighted by molar-refractivity contribution is 5.96. The van der Waals surface area contributed by atoms with E-state index in [9.17, 15) is 14.7 Å². The van der Waals surface area contributed by atoms with Gasteiger partial charge in [0.1, 0.15) is 0 Å². The minimum atomic E-state index is -0.0701. The van der Waals surface area contributed by atoms with Crippen molar-refractivity contribution in [1.29, 1.82) is 0 Å². The lowest BCUT2D eigenvalue weighted by molar-refractivity contribution is -0.129. The Bertz CT molecular complexity index is 945. The summed E-state index contributed by atoms with van der Waals surface area (Å²) in [5.74, 6) is 4.48. The molecular formula is C31H45NO3. The normalized spacial score (nSPS) is 41.3. The molecule has 1 amide bonds. The molecule has 192 valence electrons. The van der Waals surface area contributed by atoms with Gasteiger partial charge in [-0.1, -0.05) is 32.9 Å². The van der Waals surface area contributed by atoms with Gasteiger partial charge in [-0.05, 0) is 123 Å². The Morgan fingerprint density at radius 3 is 2.60 bits per heavy atom. The maximum Gasteiger partial charge on any atom is 0.224 e. The van der Waals surface area contributed by atoms with Crippen molar-refractivity contribution in [1.82, 2.24) is 0 Å². The lowest BCUT2D eigenvalue weighted by Crippen LogP contribution is -2.54. The van der Waals surface area contributed by atoms with Gasteiger partial charge in [0.15, 0.2) is 6.29 Å². The second-order valence-electron chi connectivity index (χ2n) is 13.1. The molecule has 1 aromatic carbocycles. The van der Waals surface area contributed by atoms with Gasteiger partial charge in [-0.25, -0.2) is 0 Å². The monoisotopic (exact) mass is 479 g/mol. The number of nitrogens with one attached hydrogen (secondary N) is 1. The van der Waals surface area contributed by atoms with Crippen LogP contribution in [0.4, 0.5) is 5.69 Å². The summed E-state index contributed by atoms with van der Waals surface area (Å²) in [6.45, 7) is 7.53. The third-order valence-corrected chi connectivity index (χ3v) is 11.6. The molecule has 0 aliphatic heterocycles. The molecule has 4 saturated carbocycles. The van der Waals surface area contributed by atoms with E-state index in [-0.39, 0.29) is 12.0 Å². The zero-order chi connectivity index (χ0) is 24.8. The fourth-order valence-electron chi connectivity index (χ4n) is 9.70. The van der Waals surface area contributed by atoms with Crippen LogP contribution in [0.25, 0.3) is 0 Å². The fourth-order valence-corrected chi connectivity index (χ4v) is 9.70. The Morgan fingerprint density at radius 2 is 1.80 bits per heavy atom. The molecule has 5 rings (SSSR count). The molecule has 35 heavy (non-hydrogen) atoms. The van der Waals surface area contributed by atoms with Crippen LogP contribution in [0.5, 0.6) is 0 Å². The average Bonchev–Trinajstić information content (AvgIpc) is 3.20. The first kappa shape index (κ1) is 25.0. The van der Waals surface area contributed by atoms with E-state index in [1.165, 1.54) is 44.9 Å². The highest BCUT2D eigenvalue weighted by Crippen LogP contribution is 2.68. The number of anilines is 1. The standard InChI is InChI=1S/C31H45NO3/c1-20(8-13-29(35)32-28-7-5-4-6-21(28)19-33)25-11-12-26-24-10-9-22-18-23(34)14-16-30(22,2)27(24)15-17-31(25,26)3/h4-7,19-20,22-27,34H,8-18H2,1-3H3,(H,32,35)/t20-,22-,23-,24?,25-,26+,27+,30+,31-/m1/s1. The molecule has 4 fully saturated rings. The summed E-state index contributed by atoms with van der Waals surface area (Å²) in [5.41, 5.74) is 1.99. The summed E-state index contributed by atoms with van der Waals surface area (Å²) in [7, 11) is 0. The Labute approximate surface area is 211 Å². The number of carbonyl (C=O) groups excluding carboxylic acids is 2. The minimum absolute atomic E-state index is 0.0142. The number of amides is 1. The van der Waals surface area contributed by atoms with E-state index < -0.39 is 0 Å². The van der Waals surface area contributed by atoms with Crippen LogP contribution in [0.2, 0.25) is 0 Å². The molecule has 2 N–H and O–H groups in total. The van der Waals surface area contributed by atoms with Crippen molar-refractivity contribution in [3.8, 4) is 0 Å². The molecule has 4 heteroatoms. The number of rotatable bonds is 6. The molecule has 0 spiro atoms. The van der Waals surface area contributed by atoms with Crippen LogP contribution < -0.4 is 5.32 Å². The van der Waals surface area contributed by atoms with Crippen LogP contribution >= 0.6 is 0 Å². The van der Waals surface area contributed by atoms with Crippen molar-refractivity contribution < 1.29 is 14.7 Å². The maximum absolute atomic E-state index is 12.7. The topological polar surface area (TPSA) is 66.4 Å². The minimum Gasteiger partial charge on any atom is -0.393 e. The average molecular weight is 480 g/mol. The van der Waals surface area contributed by atoms with Gasteiger partial charge in [-0.3, -0.25) is 9.59 Å². The lowest BCUT2D eigenvalue weighted by atomic mass is 9.44. The van der Waals surface area contributed by atoms with Gasteiger partial charge in [0.2, 0.25) is 5.91 Å². The number of aliphatic hydroxyl groups excluding tert-OH is 1. The first-order valence-corrected chi connectivity index (χ1v) is 14.3. The van der Waals surface area contributed by atoms with E-state index in [0.717, 1.165) is 49.2 Å². The summed E-state index contributed by atoms with van der Waals surface area (Å²) < 4.78 is 0. The highest BCUT2D eigenvalue weighted by atomic mass is 16.3. The Hall–Kier alpha value is -1.68. The Kier molecular flexibility index (Phi) is 6.89. The van der Waals surface area contributed by atoms with Gasteiger partial charge in [-0.15, -0.1) is 0 Å². The van der Waals surface area contributed by atoms with E-state index in [4.69, 9.17) is 0 Å². The van der Waals surface area contributed by atoms with Crippen molar-refractivity contribution in [2.24, 2.45) is 46.3 Å². The zero-order valence-electron chi connectivity index (χ0n) is 22.0. The molecule has 1 unspecified atom stereocenters. The summed E-state index contributed by atoms with van der Waals surface area (Å²) >= 11 is 0. The second kappa shape index (κ2) is 9.65. The molecule has 4 nitrogen and oxygen atoms in total. The smallest absolute Gasteiger partial charge is 0.224 e. The van der Waals surface area contributed by atoms with Gasteiger partial charge in [-0.2, -0.15) is 0 Å². The highest BCUT2D eigenvalue weighted by Gasteiger charge is 2.60. The van der Waals surface area contributed by atoms with E-state index in [0.29, 0.717) is 40.3 Å². The predicted octanol–water partition coefficient (Wildman–Crippen LogP) is 6.87. The van der Waals surface area contributed by atoms with Gasteiger partial charge >= 0.3 is 0 Å². The lowest BCUT2D eigenvalue weighted by Gasteiger charge is -2.61. The van der Waals surface area contributed by atoms with Crippen LogP contribution in [-0.2, 0) is 4.79 Å². The molecule has 0 radical (unpaired) electrons. The number of para-hydroxylation sites is 1. The summed E-state index contributed by atoms with van der Waals surface area (Å²) in [6, 6.07) is 7.21. The largest absolute Gasteiger partial charge is 0.393 e. The molecule has 9 atom stereocenters. The van der Waals surface area contributed by atoms with Crippen molar-refractivity contribution in [2.75, 3.05) is 5.32 Å². The van der Waals surface area contributed by atoms with Gasteiger partial charge < -0.3 is 10.4 Å². The molecular weight excluding hydrogens is 434 g/mol. The number of fused-ring (bicyclic) bond motifs is 5. The van der Waals surface area contributed by atoms with Gasteiger partial charge in [0, 0.05) is 12.0 Å². The number of benzene rings is 1. The maximum atomic E-state index is 12.7. The Balaban J connectivity index is 1.22. The van der Waals surface area contributed by atoms with E-state index in [2.05, 4.69) is 26.1 Å². The first-order valence-electron chi connectivity index (χ1n) is 14.3. The predicted molar refractivity (Wildman–Crippen MR) is 140 cm³/mol. The SMILES string of the molecule is C[C@H](CCC(=O)Nc1ccccc1C=O)[C@H]1CC[C@H]2C3CC[C@@H]4C[C@H](O)CC[C@]4(C)[C@H]3CC[C@]12C. The molecule has 0 bridgehead atoms. The summed E-state index contributed by atoms with van der Waals surface area (Å²) in [6.07, 6.45) is 13.4. The summed E-state index contributed by atoms with van der Waals surface area (Å²) in [5, 5.41) is 13.3. The van der Waals surface area contributed by atoms with Crippen LogP contribution in [0, 0.1) is 46.3 Å². The number of hydrogen-bond donors (Lipinski definition) is 2. The number of aldehydes is 1. The molecule has 0 heterocycles. The van der Waals surface area contributed by atoms with Crippen LogP contribution in [0.3, 0.4) is 0 Å². The van der Waals surface area contributed by atoms with E-state index >= 15 is 0 Å². The molecule has 4 aliphatic rings. The van der Waals surface area contributed by atoms with Crippen molar-refractivity contribution >= 4 is 17.9 Å². The molecule has 1 aromatic rings. The molecule has 0 aromatic heterocycles. The van der Waals surface area contributed by atoms with Crippen LogP contribution in [-0.4, -0.2) is 23.4 Å². The van der Waals surface area contributed by atoms with Crippen molar-refractivity contribution in [2.45, 2.75) is 97.5 Å². The number of hydrogen-bond acceptors (Lipinski definition) is 3. The van der Waals surface area contributed by atoms with E-state index in [1.54, 1.807) is 12.1 Å². The van der Waals surface area contributed by atoms with Crippen molar-refractivity contribution in [3.63, 3.8) is 0 Å². The second-order valence-corrected chi connectivity index (χ2v) is 13.1. The van der Waals surface area contributed by atoms with Crippen molar-refractivity contribution in [3.05, 3.63) is 29.8 Å². The molecule has 4 aliphatic carbocycles. The third-order valence-electron chi connectivity index (χ3n) is 11.6. The number of carbonyl (C=O) groups is 2. The Morgan fingerprint density at radius 1 is 1.06 bits per heavy atom. The third kappa shape index (κ3) is 4.38. The van der Waals surface area contributed by atoms with Crippen LogP contribution in [0.15, 0.2) is 24.3 Å². The quantitative estimate of drug-likeness (QED) is 0.437. The fraction of sp³-hybridized carbons (Fsp3) is 0.742. The molecule has 0 saturated heterocycles. The van der Waals surface area contributed by atoms with Crippen LogP contribution in [0.1, 0.15) is 102 Å². The van der Waals surface area contributed by atoms with Gasteiger partial charge in [0.05, 0.1) is 11.8 Å². The summed E-state index contributed by atoms with van der Waals surface area (Å²) in [4.78, 5) is 24.0. The number of aliphatic hydroxyl groups is 1. The first-order chi connectivity index (χ1) is 16.8.